The van der Waals surface area contributed by atoms with E-state index in [1.165, 1.54) is 36.9 Å². The number of H-pyrrole nitrogens is 1. The van der Waals surface area contributed by atoms with E-state index in [9.17, 15) is 4.79 Å². The Hall–Kier alpha value is -3.09. The van der Waals surface area contributed by atoms with Crippen molar-refractivity contribution in [2.45, 2.75) is 38.6 Å². The Morgan fingerprint density at radius 1 is 1.30 bits per heavy atom. The van der Waals surface area contributed by atoms with Crippen LogP contribution in [0.5, 0.6) is 0 Å². The van der Waals surface area contributed by atoms with E-state index >= 15 is 0 Å². The normalized spacial score (nSPS) is 13.7. The molecule has 0 unspecified atom stereocenters. The number of hydrogen-bond donors (Lipinski definition) is 2. The average Bonchev–Trinajstić information content (AvgIpc) is 3.27. The zero-order valence-corrected chi connectivity index (χ0v) is 15.4. The fraction of sp³-hybridized carbons (Fsp3) is 0.350. The smallest absolute Gasteiger partial charge is 0.321 e. The Balaban J connectivity index is 1.43. The highest BCUT2D eigenvalue weighted by molar-refractivity contribution is 5.89. The Labute approximate surface area is 157 Å². The summed E-state index contributed by atoms with van der Waals surface area (Å²) in [6, 6.07) is 7.34. The van der Waals surface area contributed by atoms with E-state index < -0.39 is 0 Å². The predicted octanol–water partition coefficient (Wildman–Crippen LogP) is 4.00. The monoisotopic (exact) mass is 365 g/mol. The van der Waals surface area contributed by atoms with Gasteiger partial charge in [0.25, 0.3) is 0 Å². The fourth-order valence-electron chi connectivity index (χ4n) is 3.48. The van der Waals surface area contributed by atoms with E-state index in [-0.39, 0.29) is 6.03 Å². The van der Waals surface area contributed by atoms with Gasteiger partial charge >= 0.3 is 6.03 Å². The molecular formula is C20H23N5O2. The van der Waals surface area contributed by atoms with E-state index in [0.29, 0.717) is 18.0 Å². The van der Waals surface area contributed by atoms with Crippen molar-refractivity contribution in [1.29, 1.82) is 0 Å². The first kappa shape index (κ1) is 17.3. The molecule has 0 fully saturated rings. The van der Waals surface area contributed by atoms with Crippen LogP contribution in [0.2, 0.25) is 0 Å². The molecule has 0 spiro atoms. The molecule has 0 radical (unpaired) electrons. The fourth-order valence-corrected chi connectivity index (χ4v) is 3.48. The van der Waals surface area contributed by atoms with Crippen LogP contribution in [0.25, 0.3) is 11.3 Å². The molecule has 1 aliphatic carbocycles. The van der Waals surface area contributed by atoms with E-state index in [1.54, 1.807) is 18.1 Å². The number of aryl methyl sites for hydroxylation is 1. The van der Waals surface area contributed by atoms with Crippen molar-refractivity contribution < 1.29 is 9.21 Å². The first-order chi connectivity index (χ1) is 13.2. The SMILES string of the molecule is CN(Cc1n[nH]c2c1CCCCC2)C(=O)Nc1cccc(-c2cnco2)c1. The summed E-state index contributed by atoms with van der Waals surface area (Å²) >= 11 is 0. The van der Waals surface area contributed by atoms with Gasteiger partial charge in [0.2, 0.25) is 0 Å². The lowest BCUT2D eigenvalue weighted by molar-refractivity contribution is 0.220. The number of amides is 2. The van der Waals surface area contributed by atoms with Crippen molar-refractivity contribution in [3.63, 3.8) is 0 Å². The quantitative estimate of drug-likeness (QED) is 0.684. The van der Waals surface area contributed by atoms with Gasteiger partial charge in [0.1, 0.15) is 0 Å². The summed E-state index contributed by atoms with van der Waals surface area (Å²) in [5.41, 5.74) is 5.07. The third-order valence-corrected chi connectivity index (χ3v) is 4.96. The number of aromatic nitrogens is 3. The molecule has 3 aromatic rings. The van der Waals surface area contributed by atoms with Crippen LogP contribution in [0.4, 0.5) is 10.5 Å². The van der Waals surface area contributed by atoms with Crippen molar-refractivity contribution in [3.8, 4) is 11.3 Å². The Bertz CT molecular complexity index is 916. The third kappa shape index (κ3) is 3.86. The molecule has 140 valence electrons. The number of benzene rings is 1. The van der Waals surface area contributed by atoms with Crippen molar-refractivity contribution in [3.05, 3.63) is 53.8 Å². The summed E-state index contributed by atoms with van der Waals surface area (Å²) in [6.07, 6.45) is 8.76. The van der Waals surface area contributed by atoms with Crippen LogP contribution in [-0.2, 0) is 19.4 Å². The van der Waals surface area contributed by atoms with Crippen LogP contribution in [0, 0.1) is 0 Å². The maximum Gasteiger partial charge on any atom is 0.321 e. The van der Waals surface area contributed by atoms with Gasteiger partial charge in [-0.3, -0.25) is 5.10 Å². The second-order valence-corrected chi connectivity index (χ2v) is 6.92. The highest BCUT2D eigenvalue weighted by Crippen LogP contribution is 2.24. The molecule has 7 heteroatoms. The lowest BCUT2D eigenvalue weighted by atomic mass is 10.1. The topological polar surface area (TPSA) is 87.0 Å². The molecule has 4 rings (SSSR count). The summed E-state index contributed by atoms with van der Waals surface area (Å²) in [7, 11) is 1.79. The molecule has 1 aliphatic rings. The van der Waals surface area contributed by atoms with Crippen LogP contribution in [0.15, 0.2) is 41.3 Å². The summed E-state index contributed by atoms with van der Waals surface area (Å²) in [5.74, 6) is 0.665. The molecule has 0 saturated heterocycles. The van der Waals surface area contributed by atoms with E-state index in [2.05, 4.69) is 20.5 Å². The van der Waals surface area contributed by atoms with Crippen molar-refractivity contribution in [2.75, 3.05) is 12.4 Å². The molecule has 2 heterocycles. The number of aromatic amines is 1. The van der Waals surface area contributed by atoms with Crippen molar-refractivity contribution >= 4 is 11.7 Å². The van der Waals surface area contributed by atoms with Gasteiger partial charge in [-0.1, -0.05) is 18.6 Å². The molecule has 2 aromatic heterocycles. The van der Waals surface area contributed by atoms with Crippen molar-refractivity contribution in [2.24, 2.45) is 0 Å². The van der Waals surface area contributed by atoms with Gasteiger partial charge in [-0.15, -0.1) is 0 Å². The number of nitrogens with zero attached hydrogens (tertiary/aromatic N) is 3. The van der Waals surface area contributed by atoms with Gasteiger partial charge in [0, 0.05) is 24.0 Å². The molecule has 0 saturated carbocycles. The lowest BCUT2D eigenvalue weighted by Gasteiger charge is -2.18. The predicted molar refractivity (Wildman–Crippen MR) is 102 cm³/mol. The number of nitrogens with one attached hydrogen (secondary N) is 2. The van der Waals surface area contributed by atoms with Gasteiger partial charge in [-0.25, -0.2) is 9.78 Å². The molecule has 0 atom stereocenters. The average molecular weight is 365 g/mol. The number of fused-ring (bicyclic) bond motifs is 1. The second-order valence-electron chi connectivity index (χ2n) is 6.92. The number of rotatable bonds is 4. The standard InChI is InChI=1S/C20H23N5O2/c1-25(12-18-16-8-3-2-4-9-17(16)23-24-18)20(26)22-15-7-5-6-14(10-15)19-11-21-13-27-19/h5-7,10-11,13H,2-4,8-9,12H2,1H3,(H,22,26)(H,23,24). The Morgan fingerprint density at radius 2 is 2.19 bits per heavy atom. The first-order valence-electron chi connectivity index (χ1n) is 9.27. The summed E-state index contributed by atoms with van der Waals surface area (Å²) in [4.78, 5) is 18.2. The number of anilines is 1. The number of urea groups is 1. The molecule has 0 bridgehead atoms. The zero-order chi connectivity index (χ0) is 18.6. The minimum absolute atomic E-state index is 0.171. The summed E-state index contributed by atoms with van der Waals surface area (Å²) in [6.45, 7) is 0.486. The number of hydrogen-bond acceptors (Lipinski definition) is 4. The lowest BCUT2D eigenvalue weighted by Crippen LogP contribution is -2.31. The largest absolute Gasteiger partial charge is 0.444 e. The van der Waals surface area contributed by atoms with Gasteiger partial charge in [-0.05, 0) is 43.4 Å². The highest BCUT2D eigenvalue weighted by atomic mass is 16.3. The van der Waals surface area contributed by atoms with Gasteiger partial charge in [0.15, 0.2) is 12.2 Å². The Kier molecular flexibility index (Phi) is 4.91. The minimum atomic E-state index is -0.171. The van der Waals surface area contributed by atoms with Gasteiger partial charge < -0.3 is 14.6 Å². The molecule has 1 aromatic carbocycles. The minimum Gasteiger partial charge on any atom is -0.444 e. The molecule has 2 amide bonds. The number of oxazole rings is 1. The van der Waals surface area contributed by atoms with Crippen LogP contribution >= 0.6 is 0 Å². The third-order valence-electron chi connectivity index (χ3n) is 4.96. The van der Waals surface area contributed by atoms with E-state index in [0.717, 1.165) is 24.1 Å². The van der Waals surface area contributed by atoms with Crippen LogP contribution in [0.3, 0.4) is 0 Å². The first-order valence-corrected chi connectivity index (χ1v) is 9.27. The summed E-state index contributed by atoms with van der Waals surface area (Å²) < 4.78 is 5.31. The molecule has 27 heavy (non-hydrogen) atoms. The van der Waals surface area contributed by atoms with Crippen molar-refractivity contribution in [1.82, 2.24) is 20.1 Å². The maximum absolute atomic E-state index is 12.6. The molecular weight excluding hydrogens is 342 g/mol. The van der Waals surface area contributed by atoms with Crippen LogP contribution in [-0.4, -0.2) is 33.2 Å². The van der Waals surface area contributed by atoms with Crippen LogP contribution in [0.1, 0.15) is 36.2 Å². The maximum atomic E-state index is 12.6. The Morgan fingerprint density at radius 3 is 3.04 bits per heavy atom. The number of carbonyl (C=O) groups excluding carboxylic acids is 1. The van der Waals surface area contributed by atoms with E-state index in [4.69, 9.17) is 4.42 Å². The van der Waals surface area contributed by atoms with Crippen LogP contribution < -0.4 is 5.32 Å². The van der Waals surface area contributed by atoms with E-state index in [1.807, 2.05) is 24.3 Å². The molecule has 7 nitrogen and oxygen atoms in total. The molecule has 0 aliphatic heterocycles. The zero-order valence-electron chi connectivity index (χ0n) is 15.4. The summed E-state index contributed by atoms with van der Waals surface area (Å²) in [5, 5.41) is 10.5. The molecule has 2 N–H and O–H groups in total. The second kappa shape index (κ2) is 7.65. The van der Waals surface area contributed by atoms with Gasteiger partial charge in [0.05, 0.1) is 18.4 Å². The highest BCUT2D eigenvalue weighted by Gasteiger charge is 2.19. The van der Waals surface area contributed by atoms with Gasteiger partial charge in [-0.2, -0.15) is 5.10 Å². The number of carbonyl (C=O) groups is 1.